The lowest BCUT2D eigenvalue weighted by molar-refractivity contribution is -0.146. The van der Waals surface area contributed by atoms with Crippen LogP contribution in [0.3, 0.4) is 0 Å². The molecule has 1 aliphatic rings. The maximum Gasteiger partial charge on any atom is 0.317 e. The Bertz CT molecular complexity index is 350. The number of urea groups is 1. The molecule has 0 aliphatic carbocycles. The third-order valence-corrected chi connectivity index (χ3v) is 4.13. The molecule has 116 valence electrons. The van der Waals surface area contributed by atoms with E-state index in [1.165, 1.54) is 0 Å². The molecule has 0 aromatic rings. The molecular formula is C14H27N3O3. The maximum absolute atomic E-state index is 12.1. The molecule has 20 heavy (non-hydrogen) atoms. The highest BCUT2D eigenvalue weighted by Crippen LogP contribution is 2.16. The SMILES string of the molecule is CCN1CCC(N(C)C(=O)NCC(C)(C)C(=O)O)CC1. The minimum absolute atomic E-state index is 0.138. The molecule has 0 aromatic heterocycles. The number of hydrogen-bond donors (Lipinski definition) is 2. The third-order valence-electron chi connectivity index (χ3n) is 4.13. The highest BCUT2D eigenvalue weighted by Gasteiger charge is 2.29. The van der Waals surface area contributed by atoms with Gasteiger partial charge in [0.1, 0.15) is 0 Å². The molecule has 1 heterocycles. The molecular weight excluding hydrogens is 258 g/mol. The monoisotopic (exact) mass is 285 g/mol. The summed E-state index contributed by atoms with van der Waals surface area (Å²) in [6.07, 6.45) is 1.94. The van der Waals surface area contributed by atoms with Crippen LogP contribution in [0.2, 0.25) is 0 Å². The molecule has 6 heteroatoms. The fourth-order valence-electron chi connectivity index (χ4n) is 2.29. The quantitative estimate of drug-likeness (QED) is 0.796. The van der Waals surface area contributed by atoms with E-state index >= 15 is 0 Å². The Morgan fingerprint density at radius 3 is 2.35 bits per heavy atom. The van der Waals surface area contributed by atoms with Crippen molar-refractivity contribution in [3.8, 4) is 0 Å². The third kappa shape index (κ3) is 4.37. The zero-order valence-electron chi connectivity index (χ0n) is 13.0. The van der Waals surface area contributed by atoms with Crippen LogP contribution in [0.5, 0.6) is 0 Å². The predicted molar refractivity (Wildman–Crippen MR) is 77.7 cm³/mol. The van der Waals surface area contributed by atoms with Crippen LogP contribution < -0.4 is 5.32 Å². The maximum atomic E-state index is 12.1. The van der Waals surface area contributed by atoms with Crippen molar-refractivity contribution >= 4 is 12.0 Å². The zero-order valence-corrected chi connectivity index (χ0v) is 13.0. The van der Waals surface area contributed by atoms with Gasteiger partial charge >= 0.3 is 12.0 Å². The van der Waals surface area contributed by atoms with E-state index in [-0.39, 0.29) is 18.6 Å². The minimum atomic E-state index is -0.942. The number of carboxylic acids is 1. The van der Waals surface area contributed by atoms with E-state index in [9.17, 15) is 9.59 Å². The number of carbonyl (C=O) groups excluding carboxylic acids is 1. The van der Waals surface area contributed by atoms with Crippen molar-refractivity contribution in [1.82, 2.24) is 15.1 Å². The summed E-state index contributed by atoms with van der Waals surface area (Å²) in [4.78, 5) is 27.2. The van der Waals surface area contributed by atoms with Crippen molar-refractivity contribution in [3.63, 3.8) is 0 Å². The van der Waals surface area contributed by atoms with Gasteiger partial charge < -0.3 is 20.2 Å². The summed E-state index contributed by atoms with van der Waals surface area (Å²) in [6, 6.07) is 0.0556. The van der Waals surface area contributed by atoms with Crippen LogP contribution in [0.25, 0.3) is 0 Å². The lowest BCUT2D eigenvalue weighted by Gasteiger charge is -2.36. The molecule has 1 rings (SSSR count). The van der Waals surface area contributed by atoms with Gasteiger partial charge in [-0.25, -0.2) is 4.79 Å². The number of aliphatic carboxylic acids is 1. The van der Waals surface area contributed by atoms with Gasteiger partial charge in [0.15, 0.2) is 0 Å². The van der Waals surface area contributed by atoms with Crippen molar-refractivity contribution in [2.75, 3.05) is 33.2 Å². The van der Waals surface area contributed by atoms with Crippen molar-refractivity contribution in [3.05, 3.63) is 0 Å². The number of rotatable bonds is 5. The largest absolute Gasteiger partial charge is 0.481 e. The standard InChI is InChI=1S/C14H27N3O3/c1-5-17-8-6-11(7-9-17)16(4)13(20)15-10-14(2,3)12(18)19/h11H,5-10H2,1-4H3,(H,15,20)(H,18,19). The van der Waals surface area contributed by atoms with Crippen LogP contribution in [0.1, 0.15) is 33.6 Å². The van der Waals surface area contributed by atoms with Gasteiger partial charge in [0.25, 0.3) is 0 Å². The van der Waals surface area contributed by atoms with Gasteiger partial charge in [-0.1, -0.05) is 6.92 Å². The van der Waals surface area contributed by atoms with Crippen LogP contribution in [0.4, 0.5) is 4.79 Å². The smallest absolute Gasteiger partial charge is 0.317 e. The van der Waals surface area contributed by atoms with E-state index in [1.54, 1.807) is 25.8 Å². The number of carbonyl (C=O) groups is 2. The van der Waals surface area contributed by atoms with E-state index in [4.69, 9.17) is 5.11 Å². The number of hydrogen-bond acceptors (Lipinski definition) is 3. The second-order valence-electron chi connectivity index (χ2n) is 6.12. The van der Waals surface area contributed by atoms with Gasteiger partial charge in [-0.15, -0.1) is 0 Å². The Hall–Kier alpha value is -1.30. The number of piperidine rings is 1. The molecule has 6 nitrogen and oxygen atoms in total. The van der Waals surface area contributed by atoms with Crippen molar-refractivity contribution in [1.29, 1.82) is 0 Å². The van der Waals surface area contributed by atoms with E-state index in [0.29, 0.717) is 0 Å². The average Bonchev–Trinajstić information content (AvgIpc) is 2.44. The molecule has 0 radical (unpaired) electrons. The van der Waals surface area contributed by atoms with E-state index in [1.807, 2.05) is 0 Å². The number of likely N-dealkylation sites (tertiary alicyclic amines) is 1. The second-order valence-corrected chi connectivity index (χ2v) is 6.12. The van der Waals surface area contributed by atoms with Crippen LogP contribution in [0, 0.1) is 5.41 Å². The van der Waals surface area contributed by atoms with Gasteiger partial charge in [0, 0.05) is 32.7 Å². The number of carboxylic acid groups (broad SMARTS) is 1. The summed E-state index contributed by atoms with van der Waals surface area (Å²) in [5, 5.41) is 11.7. The predicted octanol–water partition coefficient (Wildman–Crippen LogP) is 1.22. The summed E-state index contributed by atoms with van der Waals surface area (Å²) < 4.78 is 0. The molecule has 1 aliphatic heterocycles. The molecule has 2 N–H and O–H groups in total. The summed E-state index contributed by atoms with van der Waals surface area (Å²) >= 11 is 0. The topological polar surface area (TPSA) is 72.9 Å². The molecule has 1 fully saturated rings. The van der Waals surface area contributed by atoms with Crippen LogP contribution in [-0.2, 0) is 4.79 Å². The number of nitrogens with zero attached hydrogens (tertiary/aromatic N) is 2. The van der Waals surface area contributed by atoms with Gasteiger partial charge in [-0.2, -0.15) is 0 Å². The minimum Gasteiger partial charge on any atom is -0.481 e. The first-order chi connectivity index (χ1) is 9.27. The molecule has 0 unspecified atom stereocenters. The Morgan fingerprint density at radius 2 is 1.90 bits per heavy atom. The van der Waals surface area contributed by atoms with E-state index in [0.717, 1.165) is 32.5 Å². The molecule has 0 saturated carbocycles. The first kappa shape index (κ1) is 16.8. The van der Waals surface area contributed by atoms with Crippen molar-refractivity contribution < 1.29 is 14.7 Å². The molecule has 1 saturated heterocycles. The average molecular weight is 285 g/mol. The van der Waals surface area contributed by atoms with Crippen LogP contribution in [0.15, 0.2) is 0 Å². The summed E-state index contributed by atoms with van der Waals surface area (Å²) in [6.45, 7) is 8.57. The normalized spacial score (nSPS) is 17.8. The highest BCUT2D eigenvalue weighted by atomic mass is 16.4. The summed E-state index contributed by atoms with van der Waals surface area (Å²) in [5.74, 6) is -0.906. The lowest BCUT2D eigenvalue weighted by atomic mass is 9.94. The first-order valence-corrected chi connectivity index (χ1v) is 7.24. The molecule has 0 bridgehead atoms. The molecule has 0 atom stereocenters. The molecule has 2 amide bonds. The Balaban J connectivity index is 2.42. The van der Waals surface area contributed by atoms with Crippen LogP contribution >= 0.6 is 0 Å². The second kappa shape index (κ2) is 6.92. The first-order valence-electron chi connectivity index (χ1n) is 7.24. The Morgan fingerprint density at radius 1 is 1.35 bits per heavy atom. The zero-order chi connectivity index (χ0) is 15.3. The van der Waals surface area contributed by atoms with Crippen LogP contribution in [-0.4, -0.2) is 66.2 Å². The van der Waals surface area contributed by atoms with E-state index < -0.39 is 11.4 Å². The fraction of sp³-hybridized carbons (Fsp3) is 0.857. The lowest BCUT2D eigenvalue weighted by Crippen LogP contribution is -2.50. The molecule has 0 spiro atoms. The Labute approximate surface area is 121 Å². The van der Waals surface area contributed by atoms with Crippen molar-refractivity contribution in [2.45, 2.75) is 39.7 Å². The van der Waals surface area contributed by atoms with Crippen molar-refractivity contribution in [2.24, 2.45) is 5.41 Å². The summed E-state index contributed by atoms with van der Waals surface area (Å²) in [5.41, 5.74) is -0.942. The van der Waals surface area contributed by atoms with E-state index in [2.05, 4.69) is 17.1 Å². The van der Waals surface area contributed by atoms with Gasteiger partial charge in [-0.3, -0.25) is 4.79 Å². The highest BCUT2D eigenvalue weighted by molar-refractivity contribution is 5.77. The molecule has 0 aromatic carbocycles. The van der Waals surface area contributed by atoms with Gasteiger partial charge in [0.05, 0.1) is 5.41 Å². The fourth-order valence-corrected chi connectivity index (χ4v) is 2.29. The van der Waals surface area contributed by atoms with Gasteiger partial charge in [0.2, 0.25) is 0 Å². The number of nitrogens with one attached hydrogen (secondary N) is 1. The Kier molecular flexibility index (Phi) is 5.80. The van der Waals surface area contributed by atoms with Gasteiger partial charge in [-0.05, 0) is 33.2 Å². The summed E-state index contributed by atoms with van der Waals surface area (Å²) in [7, 11) is 1.79. The number of amides is 2.